The summed E-state index contributed by atoms with van der Waals surface area (Å²) >= 11 is 6.26. The molecule has 0 aromatic heterocycles. The summed E-state index contributed by atoms with van der Waals surface area (Å²) in [5, 5.41) is 1.98. The quantitative estimate of drug-likeness (QED) is 0.600. The lowest BCUT2D eigenvalue weighted by Gasteiger charge is -2.56. The molecule has 2 aromatic rings. The second-order valence-electron chi connectivity index (χ2n) is 9.37. The maximum Gasteiger partial charge on any atom is 0.255 e. The standard InChI is InChI=1S/C24H27ClF2N2O3S/c1-13(2)29(3)23-15-8-16(23)10-18(9-15)33(31,32)22-11-14(4-6-19(22)25)24(30)28-17-5-7-20(26)21(27)12-17/h4-7,11-13,15-16,18,23H,8-10H2,1-3H3,(H,28,30). The number of carbonyl (C=O) groups is 1. The van der Waals surface area contributed by atoms with Gasteiger partial charge in [-0.25, -0.2) is 17.2 Å². The molecule has 0 heterocycles. The van der Waals surface area contributed by atoms with Gasteiger partial charge < -0.3 is 10.2 Å². The Morgan fingerprint density at radius 3 is 2.33 bits per heavy atom. The third-order valence-electron chi connectivity index (χ3n) is 7.10. The van der Waals surface area contributed by atoms with Crippen molar-refractivity contribution in [3.63, 3.8) is 0 Å². The number of anilines is 1. The monoisotopic (exact) mass is 496 g/mol. The minimum atomic E-state index is -3.75. The van der Waals surface area contributed by atoms with E-state index in [1.165, 1.54) is 24.3 Å². The van der Waals surface area contributed by atoms with E-state index in [4.69, 9.17) is 11.6 Å². The number of halogens is 3. The van der Waals surface area contributed by atoms with Crippen LogP contribution in [0.1, 0.15) is 43.5 Å². The van der Waals surface area contributed by atoms with Crippen LogP contribution in [0.15, 0.2) is 41.3 Å². The Bertz CT molecular complexity index is 1180. The molecule has 3 saturated carbocycles. The Hall–Kier alpha value is -2.03. The van der Waals surface area contributed by atoms with Crippen LogP contribution in [-0.2, 0) is 9.84 Å². The molecule has 0 saturated heterocycles. The summed E-state index contributed by atoms with van der Waals surface area (Å²) in [6, 6.07) is 7.84. The molecule has 178 valence electrons. The zero-order valence-corrected chi connectivity index (χ0v) is 20.3. The highest BCUT2D eigenvalue weighted by atomic mass is 35.5. The summed E-state index contributed by atoms with van der Waals surface area (Å²) < 4.78 is 53.5. The summed E-state index contributed by atoms with van der Waals surface area (Å²) in [6.45, 7) is 4.28. The number of carbonyl (C=O) groups excluding carboxylic acids is 1. The Kier molecular flexibility index (Phi) is 6.55. The van der Waals surface area contributed by atoms with Crippen LogP contribution in [0.25, 0.3) is 0 Å². The van der Waals surface area contributed by atoms with Gasteiger partial charge in [-0.05, 0) is 82.3 Å². The molecular weight excluding hydrogens is 470 g/mol. The lowest BCUT2D eigenvalue weighted by Crippen LogP contribution is -2.59. The molecule has 2 unspecified atom stereocenters. The summed E-state index contributed by atoms with van der Waals surface area (Å²) in [5.74, 6) is -2.10. The van der Waals surface area contributed by atoms with Gasteiger partial charge in [0.05, 0.1) is 15.2 Å². The first-order valence-corrected chi connectivity index (χ1v) is 12.9. The van der Waals surface area contributed by atoms with E-state index in [2.05, 4.69) is 31.1 Å². The number of fused-ring (bicyclic) bond motifs is 2. The number of nitrogens with one attached hydrogen (secondary N) is 1. The average Bonchev–Trinajstić information content (AvgIpc) is 2.76. The van der Waals surface area contributed by atoms with Crippen molar-refractivity contribution in [3.05, 3.63) is 58.6 Å². The lowest BCUT2D eigenvalue weighted by atomic mass is 9.60. The SMILES string of the molecule is CC(C)N(C)C1C2CC1CC(S(=O)(=O)c1cc(C(=O)Nc3ccc(F)c(F)c3)ccc1Cl)C2. The van der Waals surface area contributed by atoms with E-state index in [0.29, 0.717) is 36.8 Å². The van der Waals surface area contributed by atoms with E-state index in [1.54, 1.807) is 0 Å². The van der Waals surface area contributed by atoms with Gasteiger partial charge in [-0.1, -0.05) is 11.6 Å². The molecule has 2 atom stereocenters. The fourth-order valence-corrected chi connectivity index (χ4v) is 7.61. The smallest absolute Gasteiger partial charge is 0.255 e. The first-order chi connectivity index (χ1) is 15.5. The molecule has 5 nitrogen and oxygen atoms in total. The predicted molar refractivity (Wildman–Crippen MR) is 124 cm³/mol. The lowest BCUT2D eigenvalue weighted by molar-refractivity contribution is -0.0374. The number of hydrogen-bond donors (Lipinski definition) is 1. The number of sulfone groups is 1. The maximum absolute atomic E-state index is 13.5. The van der Waals surface area contributed by atoms with Gasteiger partial charge in [0.2, 0.25) is 0 Å². The molecule has 2 bridgehead atoms. The van der Waals surface area contributed by atoms with Gasteiger partial charge in [0.25, 0.3) is 5.91 Å². The minimum absolute atomic E-state index is 0.0611. The molecule has 3 aliphatic carbocycles. The molecule has 3 fully saturated rings. The Labute approximate surface area is 198 Å². The molecule has 2 aromatic carbocycles. The molecule has 0 aliphatic heterocycles. The van der Waals surface area contributed by atoms with Crippen molar-refractivity contribution in [1.29, 1.82) is 0 Å². The number of nitrogens with zero attached hydrogens (tertiary/aromatic N) is 1. The summed E-state index contributed by atoms with van der Waals surface area (Å²) in [4.78, 5) is 14.9. The molecule has 1 amide bonds. The number of amides is 1. The summed E-state index contributed by atoms with van der Waals surface area (Å²) in [5.41, 5.74) is 0.132. The molecular formula is C24H27ClF2N2O3S. The van der Waals surface area contributed by atoms with Crippen LogP contribution >= 0.6 is 11.6 Å². The highest BCUT2D eigenvalue weighted by Gasteiger charge is 2.52. The largest absolute Gasteiger partial charge is 0.322 e. The number of rotatable bonds is 6. The van der Waals surface area contributed by atoms with Gasteiger partial charge in [-0.2, -0.15) is 0 Å². The van der Waals surface area contributed by atoms with E-state index >= 15 is 0 Å². The number of benzene rings is 2. The van der Waals surface area contributed by atoms with Gasteiger partial charge >= 0.3 is 0 Å². The van der Waals surface area contributed by atoms with Crippen molar-refractivity contribution in [2.24, 2.45) is 11.8 Å². The molecule has 0 radical (unpaired) electrons. The first kappa shape index (κ1) is 24.1. The predicted octanol–water partition coefficient (Wildman–Crippen LogP) is 5.15. The van der Waals surface area contributed by atoms with Gasteiger partial charge in [0.1, 0.15) is 0 Å². The second kappa shape index (κ2) is 8.96. The molecule has 9 heteroatoms. The minimum Gasteiger partial charge on any atom is -0.322 e. The second-order valence-corrected chi connectivity index (χ2v) is 12.0. The topological polar surface area (TPSA) is 66.5 Å². The van der Waals surface area contributed by atoms with Crippen LogP contribution in [0.2, 0.25) is 5.02 Å². The van der Waals surface area contributed by atoms with Gasteiger partial charge in [-0.15, -0.1) is 0 Å². The zero-order valence-electron chi connectivity index (χ0n) is 18.7. The van der Waals surface area contributed by atoms with Gasteiger partial charge in [0, 0.05) is 29.4 Å². The average molecular weight is 497 g/mol. The highest BCUT2D eigenvalue weighted by molar-refractivity contribution is 7.92. The maximum atomic E-state index is 13.5. The Morgan fingerprint density at radius 1 is 1.06 bits per heavy atom. The molecule has 0 spiro atoms. The van der Waals surface area contributed by atoms with Crippen molar-refractivity contribution in [2.45, 2.75) is 55.3 Å². The normalized spacial score (nSPS) is 24.6. The molecule has 3 aliphatic rings. The van der Waals surface area contributed by atoms with Gasteiger partial charge in [-0.3, -0.25) is 4.79 Å². The van der Waals surface area contributed by atoms with Crippen LogP contribution in [-0.4, -0.2) is 43.6 Å². The zero-order chi connectivity index (χ0) is 24.1. The van der Waals surface area contributed by atoms with Crippen LogP contribution in [0.3, 0.4) is 0 Å². The third kappa shape index (κ3) is 4.53. The molecule has 33 heavy (non-hydrogen) atoms. The highest BCUT2D eigenvalue weighted by Crippen LogP contribution is 2.51. The molecule has 5 rings (SSSR count). The molecule has 1 N–H and O–H groups in total. The Morgan fingerprint density at radius 2 is 1.73 bits per heavy atom. The van der Waals surface area contributed by atoms with Crippen LogP contribution in [0, 0.1) is 23.5 Å². The van der Waals surface area contributed by atoms with Gasteiger partial charge in [0.15, 0.2) is 21.5 Å². The van der Waals surface area contributed by atoms with Crippen molar-refractivity contribution >= 4 is 33.0 Å². The fraction of sp³-hybridized carbons (Fsp3) is 0.458. The van der Waals surface area contributed by atoms with E-state index in [9.17, 15) is 22.0 Å². The van der Waals surface area contributed by atoms with Crippen LogP contribution in [0.4, 0.5) is 14.5 Å². The van der Waals surface area contributed by atoms with E-state index < -0.39 is 32.6 Å². The number of hydrogen-bond acceptors (Lipinski definition) is 4. The summed E-state index contributed by atoms with van der Waals surface area (Å²) in [6.07, 6.45) is 2.18. The van der Waals surface area contributed by atoms with E-state index in [-0.39, 0.29) is 21.2 Å². The van der Waals surface area contributed by atoms with Crippen LogP contribution in [0.5, 0.6) is 0 Å². The fourth-order valence-electron chi connectivity index (χ4n) is 5.18. The first-order valence-electron chi connectivity index (χ1n) is 11.0. The van der Waals surface area contributed by atoms with Crippen molar-refractivity contribution in [1.82, 2.24) is 4.90 Å². The Balaban J connectivity index is 1.54. The van der Waals surface area contributed by atoms with Crippen molar-refractivity contribution < 1.29 is 22.0 Å². The van der Waals surface area contributed by atoms with Crippen LogP contribution < -0.4 is 5.32 Å². The van der Waals surface area contributed by atoms with E-state index in [0.717, 1.165) is 18.6 Å². The van der Waals surface area contributed by atoms with Crippen molar-refractivity contribution in [2.75, 3.05) is 12.4 Å². The third-order valence-corrected chi connectivity index (χ3v) is 9.76. The summed E-state index contributed by atoms with van der Waals surface area (Å²) in [7, 11) is -1.65. The van der Waals surface area contributed by atoms with E-state index in [1.807, 2.05) is 0 Å². The van der Waals surface area contributed by atoms with Crippen molar-refractivity contribution in [3.8, 4) is 0 Å².